The Balaban J connectivity index is 2.11. The fourth-order valence-electron chi connectivity index (χ4n) is 2.48. The topological polar surface area (TPSA) is 78.1 Å². The highest BCUT2D eigenvalue weighted by Crippen LogP contribution is 2.21. The molecule has 0 bridgehead atoms. The second-order valence-electron chi connectivity index (χ2n) is 5.01. The SMILES string of the molecule is CCC(NS(=O)(=O)N1CCCCC1C)c1ncc[nH]1. The van der Waals surface area contributed by atoms with Crippen LogP contribution in [0.25, 0.3) is 0 Å². The Morgan fingerprint density at radius 1 is 1.58 bits per heavy atom. The summed E-state index contributed by atoms with van der Waals surface area (Å²) in [5.41, 5.74) is 0. The monoisotopic (exact) mass is 286 g/mol. The average Bonchev–Trinajstić information content (AvgIpc) is 2.90. The number of hydrogen-bond donors (Lipinski definition) is 2. The van der Waals surface area contributed by atoms with E-state index in [2.05, 4.69) is 14.7 Å². The highest BCUT2D eigenvalue weighted by atomic mass is 32.2. The van der Waals surface area contributed by atoms with Gasteiger partial charge in [0.15, 0.2) is 0 Å². The summed E-state index contributed by atoms with van der Waals surface area (Å²) in [6.07, 6.45) is 6.96. The summed E-state index contributed by atoms with van der Waals surface area (Å²) in [5, 5.41) is 0. The predicted octanol–water partition coefficient (Wildman–Crippen LogP) is 1.57. The van der Waals surface area contributed by atoms with Gasteiger partial charge in [0.25, 0.3) is 10.2 Å². The molecule has 1 aliphatic heterocycles. The summed E-state index contributed by atoms with van der Waals surface area (Å²) in [5.74, 6) is 0.663. The third-order valence-electron chi connectivity index (χ3n) is 3.60. The number of aromatic nitrogens is 2. The van der Waals surface area contributed by atoms with E-state index in [1.165, 1.54) is 0 Å². The Hall–Kier alpha value is -0.920. The molecule has 0 aromatic carbocycles. The van der Waals surface area contributed by atoms with Gasteiger partial charge in [-0.1, -0.05) is 13.3 Å². The molecule has 1 saturated heterocycles. The van der Waals surface area contributed by atoms with E-state index in [-0.39, 0.29) is 12.1 Å². The number of nitrogens with zero attached hydrogens (tertiary/aromatic N) is 2. The number of aromatic amines is 1. The molecule has 6 nitrogen and oxygen atoms in total. The lowest BCUT2D eigenvalue weighted by Crippen LogP contribution is -2.48. The number of rotatable bonds is 5. The van der Waals surface area contributed by atoms with Gasteiger partial charge in [-0.05, 0) is 26.2 Å². The van der Waals surface area contributed by atoms with Crippen LogP contribution in [-0.4, -0.2) is 35.3 Å². The van der Waals surface area contributed by atoms with Crippen LogP contribution in [-0.2, 0) is 10.2 Å². The van der Waals surface area contributed by atoms with Gasteiger partial charge in [0.05, 0.1) is 6.04 Å². The third kappa shape index (κ3) is 3.34. The van der Waals surface area contributed by atoms with Crippen molar-refractivity contribution in [2.75, 3.05) is 6.54 Å². The van der Waals surface area contributed by atoms with E-state index in [0.29, 0.717) is 18.8 Å². The largest absolute Gasteiger partial charge is 0.347 e. The van der Waals surface area contributed by atoms with Gasteiger partial charge in [0.2, 0.25) is 0 Å². The van der Waals surface area contributed by atoms with Crippen molar-refractivity contribution < 1.29 is 8.42 Å². The minimum atomic E-state index is -3.45. The number of imidazole rings is 1. The van der Waals surface area contributed by atoms with Crippen LogP contribution in [0.15, 0.2) is 12.4 Å². The predicted molar refractivity (Wildman–Crippen MR) is 73.7 cm³/mol. The first-order chi connectivity index (χ1) is 9.04. The first-order valence-corrected chi connectivity index (χ1v) is 8.27. The molecule has 2 N–H and O–H groups in total. The second kappa shape index (κ2) is 6.02. The zero-order valence-electron chi connectivity index (χ0n) is 11.5. The molecule has 2 heterocycles. The smallest absolute Gasteiger partial charge is 0.280 e. The summed E-state index contributed by atoms with van der Waals surface area (Å²) in [7, 11) is -3.45. The molecule has 1 fully saturated rings. The summed E-state index contributed by atoms with van der Waals surface area (Å²) >= 11 is 0. The van der Waals surface area contributed by atoms with Gasteiger partial charge in [-0.3, -0.25) is 0 Å². The Bertz CT molecular complexity index is 486. The maximum atomic E-state index is 12.4. The van der Waals surface area contributed by atoms with Crippen molar-refractivity contribution in [3.05, 3.63) is 18.2 Å². The quantitative estimate of drug-likeness (QED) is 0.862. The van der Waals surface area contributed by atoms with E-state index < -0.39 is 10.2 Å². The molecule has 2 unspecified atom stereocenters. The first-order valence-electron chi connectivity index (χ1n) is 6.83. The molecule has 0 saturated carbocycles. The van der Waals surface area contributed by atoms with Gasteiger partial charge in [0, 0.05) is 25.0 Å². The van der Waals surface area contributed by atoms with Crippen LogP contribution < -0.4 is 4.72 Å². The fraction of sp³-hybridized carbons (Fsp3) is 0.750. The molecule has 0 aliphatic carbocycles. The van der Waals surface area contributed by atoms with Crippen LogP contribution in [0, 0.1) is 0 Å². The van der Waals surface area contributed by atoms with E-state index in [0.717, 1.165) is 19.3 Å². The Kier molecular flexibility index (Phi) is 4.59. The lowest BCUT2D eigenvalue weighted by atomic mass is 10.1. The Morgan fingerprint density at radius 2 is 2.37 bits per heavy atom. The number of hydrogen-bond acceptors (Lipinski definition) is 3. The van der Waals surface area contributed by atoms with Crippen LogP contribution in [0.2, 0.25) is 0 Å². The molecule has 7 heteroatoms. The zero-order valence-corrected chi connectivity index (χ0v) is 12.3. The Morgan fingerprint density at radius 3 is 2.95 bits per heavy atom. The highest BCUT2D eigenvalue weighted by Gasteiger charge is 2.31. The van der Waals surface area contributed by atoms with Crippen molar-refractivity contribution in [1.82, 2.24) is 19.0 Å². The maximum Gasteiger partial charge on any atom is 0.280 e. The van der Waals surface area contributed by atoms with Crippen LogP contribution in [0.3, 0.4) is 0 Å². The van der Waals surface area contributed by atoms with Crippen molar-refractivity contribution in [2.24, 2.45) is 0 Å². The molecule has 108 valence electrons. The summed E-state index contributed by atoms with van der Waals surface area (Å²) < 4.78 is 29.2. The molecule has 1 aromatic heterocycles. The number of nitrogens with one attached hydrogen (secondary N) is 2. The lowest BCUT2D eigenvalue weighted by molar-refractivity contribution is 0.263. The average molecular weight is 286 g/mol. The zero-order chi connectivity index (χ0) is 13.9. The molecular formula is C12H22N4O2S. The standard InChI is InChI=1S/C12H22N4O2S/c1-3-11(12-13-7-8-14-12)15-19(17,18)16-9-5-4-6-10(16)2/h7-8,10-11,15H,3-6,9H2,1-2H3,(H,13,14). The molecule has 2 rings (SSSR count). The van der Waals surface area contributed by atoms with Gasteiger partial charge >= 0.3 is 0 Å². The van der Waals surface area contributed by atoms with Gasteiger partial charge in [0.1, 0.15) is 5.82 Å². The number of H-pyrrole nitrogens is 1. The third-order valence-corrected chi connectivity index (χ3v) is 5.34. The summed E-state index contributed by atoms with van der Waals surface area (Å²) in [6, 6.07) is -0.227. The van der Waals surface area contributed by atoms with Gasteiger partial charge in [-0.15, -0.1) is 0 Å². The van der Waals surface area contributed by atoms with Gasteiger partial charge in [-0.2, -0.15) is 17.4 Å². The molecule has 0 amide bonds. The molecule has 19 heavy (non-hydrogen) atoms. The fourth-order valence-corrected chi connectivity index (χ4v) is 4.20. The minimum Gasteiger partial charge on any atom is -0.347 e. The molecule has 2 atom stereocenters. The molecule has 0 spiro atoms. The molecule has 0 radical (unpaired) electrons. The second-order valence-corrected chi connectivity index (χ2v) is 6.67. The van der Waals surface area contributed by atoms with E-state index in [9.17, 15) is 8.42 Å². The first kappa shape index (κ1) is 14.5. The van der Waals surface area contributed by atoms with E-state index >= 15 is 0 Å². The summed E-state index contributed by atoms with van der Waals surface area (Å²) in [4.78, 5) is 7.10. The van der Waals surface area contributed by atoms with Crippen molar-refractivity contribution >= 4 is 10.2 Å². The van der Waals surface area contributed by atoms with Crippen molar-refractivity contribution in [1.29, 1.82) is 0 Å². The van der Waals surface area contributed by atoms with Crippen LogP contribution in [0.1, 0.15) is 51.4 Å². The number of piperidine rings is 1. The highest BCUT2D eigenvalue weighted by molar-refractivity contribution is 7.87. The van der Waals surface area contributed by atoms with E-state index in [4.69, 9.17) is 0 Å². The summed E-state index contributed by atoms with van der Waals surface area (Å²) in [6.45, 7) is 4.51. The van der Waals surface area contributed by atoms with Crippen LogP contribution in [0.5, 0.6) is 0 Å². The van der Waals surface area contributed by atoms with E-state index in [1.807, 2.05) is 13.8 Å². The Labute approximate surface area is 114 Å². The van der Waals surface area contributed by atoms with Crippen LogP contribution in [0.4, 0.5) is 0 Å². The molecule has 1 aliphatic rings. The molecular weight excluding hydrogens is 264 g/mol. The van der Waals surface area contributed by atoms with Crippen molar-refractivity contribution in [3.63, 3.8) is 0 Å². The van der Waals surface area contributed by atoms with Gasteiger partial charge in [-0.25, -0.2) is 4.98 Å². The molecule has 1 aromatic rings. The minimum absolute atomic E-state index is 0.0698. The van der Waals surface area contributed by atoms with Crippen molar-refractivity contribution in [3.8, 4) is 0 Å². The van der Waals surface area contributed by atoms with Crippen LogP contribution >= 0.6 is 0 Å². The maximum absolute atomic E-state index is 12.4. The normalized spacial score (nSPS) is 23.4. The van der Waals surface area contributed by atoms with Crippen molar-refractivity contribution in [2.45, 2.75) is 51.6 Å². The lowest BCUT2D eigenvalue weighted by Gasteiger charge is -2.33. The van der Waals surface area contributed by atoms with E-state index in [1.54, 1.807) is 16.7 Å². The van der Waals surface area contributed by atoms with Gasteiger partial charge < -0.3 is 4.98 Å².